The Bertz CT molecular complexity index is 551. The molecule has 8 nitrogen and oxygen atoms in total. The molecule has 8 heteroatoms. The number of hydrogen-bond donors (Lipinski definition) is 3. The number of nitrogens with one attached hydrogen (secondary N) is 1. The van der Waals surface area contributed by atoms with Gasteiger partial charge in [-0.3, -0.25) is 19.3 Å². The summed E-state index contributed by atoms with van der Waals surface area (Å²) in [5.41, 5.74) is -1.21. The summed E-state index contributed by atoms with van der Waals surface area (Å²) in [4.78, 5) is 28.3. The molecule has 0 aliphatic carbocycles. The maximum atomic E-state index is 11.6. The van der Waals surface area contributed by atoms with E-state index in [1.54, 1.807) is 0 Å². The summed E-state index contributed by atoms with van der Waals surface area (Å²) in [6.07, 6.45) is -1.56. The van der Waals surface area contributed by atoms with Gasteiger partial charge in [-0.2, -0.15) is 0 Å². The number of aromatic amines is 1. The molecule has 0 saturated carbocycles. The van der Waals surface area contributed by atoms with E-state index in [1.807, 2.05) is 0 Å². The molecule has 1 saturated heterocycles. The Labute approximate surface area is 101 Å². The Morgan fingerprint density at radius 2 is 2.28 bits per heavy atom. The third-order valence-electron chi connectivity index (χ3n) is 2.85. The van der Waals surface area contributed by atoms with Crippen LogP contribution in [0, 0.1) is 0 Å². The van der Waals surface area contributed by atoms with Crippen molar-refractivity contribution in [1.29, 1.82) is 0 Å². The smallest absolute Gasteiger partial charge is 0.330 e. The van der Waals surface area contributed by atoms with Crippen molar-refractivity contribution in [3.63, 3.8) is 0 Å². The Hall–Kier alpha value is -1.77. The van der Waals surface area contributed by atoms with Crippen molar-refractivity contribution in [3.05, 3.63) is 33.1 Å². The van der Waals surface area contributed by atoms with Crippen molar-refractivity contribution in [1.82, 2.24) is 9.55 Å². The second-order valence-corrected chi connectivity index (χ2v) is 3.93. The second-order valence-electron chi connectivity index (χ2n) is 3.93. The average Bonchev–Trinajstić information content (AvgIpc) is 2.65. The number of hydrogen-bond acceptors (Lipinski definition) is 6. The van der Waals surface area contributed by atoms with Crippen molar-refractivity contribution >= 4 is 6.72 Å². The molecular formula is C10H13N3O5. The predicted octanol–water partition coefficient (Wildman–Crippen LogP) is -2.14. The molecule has 2 heterocycles. The molecule has 18 heavy (non-hydrogen) atoms. The fourth-order valence-corrected chi connectivity index (χ4v) is 1.94. The van der Waals surface area contributed by atoms with Gasteiger partial charge >= 0.3 is 5.69 Å². The number of ether oxygens (including phenoxy) is 1. The molecule has 4 atom stereocenters. The lowest BCUT2D eigenvalue weighted by Gasteiger charge is -2.17. The van der Waals surface area contributed by atoms with Gasteiger partial charge in [0.15, 0.2) is 6.23 Å². The summed E-state index contributed by atoms with van der Waals surface area (Å²) in [5, 5.41) is 18.9. The highest BCUT2D eigenvalue weighted by Gasteiger charge is 2.44. The van der Waals surface area contributed by atoms with Crippen LogP contribution in [0.25, 0.3) is 0 Å². The molecule has 98 valence electrons. The summed E-state index contributed by atoms with van der Waals surface area (Å²) in [6.45, 7) is 2.92. The van der Waals surface area contributed by atoms with Gasteiger partial charge in [0.1, 0.15) is 18.2 Å². The minimum absolute atomic E-state index is 0.401. The van der Waals surface area contributed by atoms with Crippen LogP contribution in [0.1, 0.15) is 6.23 Å². The Morgan fingerprint density at radius 3 is 2.83 bits per heavy atom. The van der Waals surface area contributed by atoms with Gasteiger partial charge in [0.05, 0.1) is 6.61 Å². The summed E-state index contributed by atoms with van der Waals surface area (Å²) in [7, 11) is 0. The quantitative estimate of drug-likeness (QED) is 0.533. The first-order valence-electron chi connectivity index (χ1n) is 5.30. The number of H-pyrrole nitrogens is 1. The average molecular weight is 255 g/mol. The normalized spacial score (nSPS) is 31.4. The third-order valence-corrected chi connectivity index (χ3v) is 2.85. The van der Waals surface area contributed by atoms with E-state index in [9.17, 15) is 14.7 Å². The molecule has 1 aromatic heterocycles. The van der Waals surface area contributed by atoms with Crippen LogP contribution in [0.3, 0.4) is 0 Å². The van der Waals surface area contributed by atoms with Crippen LogP contribution in [0.15, 0.2) is 26.8 Å². The Kier molecular flexibility index (Phi) is 3.41. The zero-order valence-corrected chi connectivity index (χ0v) is 9.39. The van der Waals surface area contributed by atoms with E-state index in [0.29, 0.717) is 0 Å². The number of aliphatic hydroxyl groups is 2. The highest BCUT2D eigenvalue weighted by molar-refractivity contribution is 5.25. The van der Waals surface area contributed by atoms with Crippen molar-refractivity contribution < 1.29 is 14.9 Å². The van der Waals surface area contributed by atoms with Gasteiger partial charge in [-0.15, -0.1) is 0 Å². The number of aromatic nitrogens is 2. The highest BCUT2D eigenvalue weighted by Crippen LogP contribution is 2.30. The summed E-state index contributed by atoms with van der Waals surface area (Å²) in [5.74, 6) is 0. The molecule has 0 aromatic carbocycles. The Morgan fingerprint density at radius 1 is 1.56 bits per heavy atom. The van der Waals surface area contributed by atoms with Crippen molar-refractivity contribution in [2.45, 2.75) is 24.5 Å². The molecule has 1 aromatic rings. The SMILES string of the molecule is C=N[C@H]1[C@H](O)[C@@H](CO)O[C@H]1n1ccc(=O)[nH]c1=O. The number of nitrogens with zero attached hydrogens (tertiary/aromatic N) is 2. The predicted molar refractivity (Wildman–Crippen MR) is 61.7 cm³/mol. The maximum absolute atomic E-state index is 11.6. The van der Waals surface area contributed by atoms with Gasteiger partial charge in [0.2, 0.25) is 0 Å². The van der Waals surface area contributed by atoms with Crippen LogP contribution < -0.4 is 11.2 Å². The first-order chi connectivity index (χ1) is 8.58. The fraction of sp³-hybridized carbons (Fsp3) is 0.500. The van der Waals surface area contributed by atoms with Gasteiger partial charge in [0.25, 0.3) is 5.56 Å². The van der Waals surface area contributed by atoms with E-state index in [-0.39, 0.29) is 0 Å². The van der Waals surface area contributed by atoms with E-state index in [2.05, 4.69) is 16.7 Å². The lowest BCUT2D eigenvalue weighted by atomic mass is 10.1. The molecule has 0 unspecified atom stereocenters. The lowest BCUT2D eigenvalue weighted by molar-refractivity contribution is -0.0464. The van der Waals surface area contributed by atoms with Crippen molar-refractivity contribution in [2.24, 2.45) is 4.99 Å². The maximum Gasteiger partial charge on any atom is 0.330 e. The summed E-state index contributed by atoms with van der Waals surface area (Å²) >= 11 is 0. The molecule has 0 radical (unpaired) electrons. The lowest BCUT2D eigenvalue weighted by Crippen LogP contribution is -2.36. The molecule has 2 rings (SSSR count). The van der Waals surface area contributed by atoms with Crippen LogP contribution in [-0.2, 0) is 4.74 Å². The second kappa shape index (κ2) is 4.84. The Balaban J connectivity index is 2.41. The van der Waals surface area contributed by atoms with Crippen molar-refractivity contribution in [3.8, 4) is 0 Å². The summed E-state index contributed by atoms with van der Waals surface area (Å²) in [6, 6.07) is 0.370. The van der Waals surface area contributed by atoms with Crippen LogP contribution in [-0.4, -0.2) is 51.3 Å². The topological polar surface area (TPSA) is 117 Å². The van der Waals surface area contributed by atoms with Crippen LogP contribution in [0.4, 0.5) is 0 Å². The minimum Gasteiger partial charge on any atom is -0.394 e. The number of rotatable bonds is 3. The highest BCUT2D eigenvalue weighted by atomic mass is 16.5. The van der Waals surface area contributed by atoms with E-state index in [0.717, 1.165) is 10.6 Å². The zero-order chi connectivity index (χ0) is 13.3. The van der Waals surface area contributed by atoms with Gasteiger partial charge < -0.3 is 14.9 Å². The molecular weight excluding hydrogens is 242 g/mol. The molecule has 1 aliphatic rings. The molecule has 0 amide bonds. The minimum atomic E-state index is -1.06. The molecule has 3 N–H and O–H groups in total. The van der Waals surface area contributed by atoms with Crippen molar-refractivity contribution in [2.75, 3.05) is 6.61 Å². The van der Waals surface area contributed by atoms with E-state index in [1.165, 1.54) is 6.20 Å². The van der Waals surface area contributed by atoms with Crippen LogP contribution in [0.2, 0.25) is 0 Å². The summed E-state index contributed by atoms with van der Waals surface area (Å²) < 4.78 is 6.44. The van der Waals surface area contributed by atoms with Gasteiger partial charge in [-0.25, -0.2) is 4.79 Å². The molecule has 0 bridgehead atoms. The zero-order valence-electron chi connectivity index (χ0n) is 9.39. The van der Waals surface area contributed by atoms with E-state index >= 15 is 0 Å². The standard InChI is InChI=1S/C10H13N3O5/c1-11-7-8(16)5(4-14)18-9(7)13-3-2-6(15)12-10(13)17/h2-3,5,7-9,14,16H,1,4H2,(H,12,15,17)/t5-,7+,8-,9-/m1/s1. The largest absolute Gasteiger partial charge is 0.394 e. The first-order valence-corrected chi connectivity index (χ1v) is 5.30. The van der Waals surface area contributed by atoms with Gasteiger partial charge in [0, 0.05) is 12.3 Å². The first kappa shape index (κ1) is 12.7. The van der Waals surface area contributed by atoms with Crippen LogP contribution in [0.5, 0.6) is 0 Å². The fourth-order valence-electron chi connectivity index (χ4n) is 1.94. The van der Waals surface area contributed by atoms with Crippen LogP contribution >= 0.6 is 0 Å². The number of aliphatic hydroxyl groups excluding tert-OH is 2. The molecule has 1 fully saturated rings. The molecule has 0 spiro atoms. The molecule has 1 aliphatic heterocycles. The van der Waals surface area contributed by atoms with E-state index < -0.39 is 42.3 Å². The van der Waals surface area contributed by atoms with Gasteiger partial charge in [-0.1, -0.05) is 0 Å². The third kappa shape index (κ3) is 2.01. The number of aliphatic imine (C=N–C) groups is 1. The van der Waals surface area contributed by atoms with E-state index in [4.69, 9.17) is 9.84 Å². The monoisotopic (exact) mass is 255 g/mol. The van der Waals surface area contributed by atoms with Gasteiger partial charge in [-0.05, 0) is 6.72 Å².